The van der Waals surface area contributed by atoms with E-state index in [4.69, 9.17) is 5.11 Å². The van der Waals surface area contributed by atoms with Gasteiger partial charge in [0.25, 0.3) is 5.92 Å². The topological polar surface area (TPSA) is 83.4 Å². The fraction of sp³-hybridized carbons (Fsp3) is 1.00. The lowest BCUT2D eigenvalue weighted by Crippen LogP contribution is -2.30. The second-order valence-electron chi connectivity index (χ2n) is 2.10. The molecule has 0 rings (SSSR count). The smallest absolute Gasteiger partial charge is 0.254 e. The van der Waals surface area contributed by atoms with E-state index < -0.39 is 32.7 Å². The molecule has 0 aromatic rings. The van der Waals surface area contributed by atoms with E-state index in [0.717, 1.165) is 0 Å². The Morgan fingerprint density at radius 1 is 1.45 bits per heavy atom. The van der Waals surface area contributed by atoms with Gasteiger partial charge in [-0.05, 0) is 0 Å². The van der Waals surface area contributed by atoms with Gasteiger partial charge in [-0.1, -0.05) is 7.60 Å². The zero-order valence-corrected chi connectivity index (χ0v) is 6.39. The lowest BCUT2D eigenvalue weighted by Gasteiger charge is -2.32. The highest BCUT2D eigenvalue weighted by molar-refractivity contribution is 7.48. The standard InChI is InChI=1S/C4H9F2O4P/c5-4(6,1-2-7)3-11(8,9)10/h7H,1-3H2,(H2,8,9,10)/p-2. The van der Waals surface area contributed by atoms with Gasteiger partial charge in [-0.3, -0.25) is 0 Å². The van der Waals surface area contributed by atoms with Gasteiger partial charge in [0, 0.05) is 19.2 Å². The first-order valence-electron chi connectivity index (χ1n) is 2.77. The van der Waals surface area contributed by atoms with Crippen molar-refractivity contribution >= 4 is 7.60 Å². The summed E-state index contributed by atoms with van der Waals surface area (Å²) >= 11 is 0. The van der Waals surface area contributed by atoms with Gasteiger partial charge in [-0.15, -0.1) is 0 Å². The number of halogens is 2. The van der Waals surface area contributed by atoms with E-state index in [1.54, 1.807) is 0 Å². The molecule has 1 N–H and O–H groups in total. The van der Waals surface area contributed by atoms with Crippen molar-refractivity contribution in [3.8, 4) is 0 Å². The third kappa shape index (κ3) is 6.37. The molecule has 0 spiro atoms. The molecule has 0 bridgehead atoms. The van der Waals surface area contributed by atoms with Gasteiger partial charge in [0.15, 0.2) is 0 Å². The minimum atomic E-state index is -5.18. The summed E-state index contributed by atoms with van der Waals surface area (Å²) in [7, 11) is -5.18. The molecule has 0 aliphatic rings. The monoisotopic (exact) mass is 188 g/mol. The summed E-state index contributed by atoms with van der Waals surface area (Å²) in [4.78, 5) is 19.7. The first kappa shape index (κ1) is 11.0. The van der Waals surface area contributed by atoms with Crippen LogP contribution in [-0.4, -0.2) is 23.8 Å². The van der Waals surface area contributed by atoms with Crippen molar-refractivity contribution in [3.05, 3.63) is 0 Å². The summed E-state index contributed by atoms with van der Waals surface area (Å²) in [5, 5.41) is 8.02. The molecule has 0 unspecified atom stereocenters. The molecule has 0 aliphatic heterocycles. The van der Waals surface area contributed by atoms with Crippen LogP contribution in [0.15, 0.2) is 0 Å². The maximum atomic E-state index is 12.2. The van der Waals surface area contributed by atoms with Crippen LogP contribution in [0.2, 0.25) is 0 Å². The van der Waals surface area contributed by atoms with Crippen molar-refractivity contribution in [3.63, 3.8) is 0 Å². The largest absolute Gasteiger partial charge is 0.811 e. The molecule has 0 aliphatic carbocycles. The van der Waals surface area contributed by atoms with Gasteiger partial charge in [-0.2, -0.15) is 0 Å². The second kappa shape index (κ2) is 3.58. The van der Waals surface area contributed by atoms with Crippen molar-refractivity contribution in [2.24, 2.45) is 0 Å². The third-order valence-electron chi connectivity index (χ3n) is 0.903. The van der Waals surface area contributed by atoms with Crippen LogP contribution in [0.4, 0.5) is 8.78 Å². The highest BCUT2D eigenvalue weighted by Gasteiger charge is 2.28. The summed E-state index contributed by atoms with van der Waals surface area (Å²) in [5.41, 5.74) is 0. The summed E-state index contributed by atoms with van der Waals surface area (Å²) in [5.74, 6) is -3.60. The van der Waals surface area contributed by atoms with Crippen LogP contribution < -0.4 is 9.79 Å². The van der Waals surface area contributed by atoms with E-state index in [1.165, 1.54) is 0 Å². The minimum absolute atomic E-state index is 0.840. The molecule has 0 aromatic carbocycles. The van der Waals surface area contributed by atoms with E-state index in [2.05, 4.69) is 0 Å². The average Bonchev–Trinajstić information content (AvgIpc) is 1.55. The van der Waals surface area contributed by atoms with Crippen molar-refractivity contribution in [1.82, 2.24) is 0 Å². The number of hydrogen-bond acceptors (Lipinski definition) is 4. The van der Waals surface area contributed by atoms with Crippen LogP contribution in [-0.2, 0) is 4.57 Å². The van der Waals surface area contributed by atoms with E-state index in [0.29, 0.717) is 0 Å². The Balaban J connectivity index is 4.02. The highest BCUT2D eigenvalue weighted by atomic mass is 31.2. The summed E-state index contributed by atoms with van der Waals surface area (Å²) in [6, 6.07) is 0. The molecular formula is C4H7F2O4P-2. The summed E-state index contributed by atoms with van der Waals surface area (Å²) < 4.78 is 34.2. The zero-order valence-electron chi connectivity index (χ0n) is 5.50. The Morgan fingerprint density at radius 3 is 2.18 bits per heavy atom. The number of rotatable bonds is 4. The third-order valence-corrected chi connectivity index (χ3v) is 1.75. The number of alkyl halides is 2. The molecule has 4 nitrogen and oxygen atoms in total. The summed E-state index contributed by atoms with van der Waals surface area (Å²) in [6.45, 7) is -0.840. The van der Waals surface area contributed by atoms with Crippen molar-refractivity contribution in [2.75, 3.05) is 12.8 Å². The van der Waals surface area contributed by atoms with Crippen molar-refractivity contribution < 1.29 is 28.2 Å². The van der Waals surface area contributed by atoms with Crippen LogP contribution in [0.5, 0.6) is 0 Å². The predicted molar refractivity (Wildman–Crippen MR) is 29.1 cm³/mol. The lowest BCUT2D eigenvalue weighted by molar-refractivity contribution is -0.316. The number of aliphatic hydroxyl groups excluding tert-OH is 1. The van der Waals surface area contributed by atoms with Gasteiger partial charge in [0.1, 0.15) is 0 Å². The first-order chi connectivity index (χ1) is 4.77. The van der Waals surface area contributed by atoms with E-state index in [-0.39, 0.29) is 0 Å². The number of hydrogen-bond donors (Lipinski definition) is 1. The molecule has 0 saturated heterocycles. The van der Waals surface area contributed by atoms with Crippen LogP contribution >= 0.6 is 7.60 Å². The van der Waals surface area contributed by atoms with E-state index in [1.807, 2.05) is 0 Å². The molecular weight excluding hydrogens is 181 g/mol. The van der Waals surface area contributed by atoms with E-state index in [9.17, 15) is 23.1 Å². The van der Waals surface area contributed by atoms with Crippen LogP contribution in [0.3, 0.4) is 0 Å². The Hall–Kier alpha value is -0.0300. The molecule has 0 saturated carbocycles. The average molecular weight is 188 g/mol. The fourth-order valence-corrected chi connectivity index (χ4v) is 1.25. The van der Waals surface area contributed by atoms with Crippen LogP contribution in [0, 0.1) is 0 Å². The molecule has 68 valence electrons. The lowest BCUT2D eigenvalue weighted by atomic mass is 10.3. The molecule has 0 amide bonds. The Labute approximate surface area is 62.0 Å². The molecule has 7 heteroatoms. The Bertz CT molecular complexity index is 165. The Morgan fingerprint density at radius 2 is 1.91 bits per heavy atom. The normalized spacial score (nSPS) is 13.5. The first-order valence-corrected chi connectivity index (χ1v) is 4.49. The van der Waals surface area contributed by atoms with Crippen molar-refractivity contribution in [1.29, 1.82) is 0 Å². The molecule has 0 fully saturated rings. The zero-order chi connectivity index (χ0) is 9.12. The second-order valence-corrected chi connectivity index (χ2v) is 3.64. The minimum Gasteiger partial charge on any atom is -0.811 e. The van der Waals surface area contributed by atoms with Gasteiger partial charge in [0.2, 0.25) is 0 Å². The van der Waals surface area contributed by atoms with Gasteiger partial charge in [-0.25, -0.2) is 8.78 Å². The number of aliphatic hydroxyl groups is 1. The fourth-order valence-electron chi connectivity index (χ4n) is 0.526. The molecule has 0 atom stereocenters. The van der Waals surface area contributed by atoms with Crippen LogP contribution in [0.25, 0.3) is 0 Å². The molecule has 0 radical (unpaired) electrons. The van der Waals surface area contributed by atoms with E-state index >= 15 is 0 Å². The van der Waals surface area contributed by atoms with Gasteiger partial charge in [0.05, 0.1) is 0 Å². The van der Waals surface area contributed by atoms with Gasteiger partial charge < -0.3 is 19.5 Å². The van der Waals surface area contributed by atoms with Crippen LogP contribution in [0.1, 0.15) is 6.42 Å². The highest BCUT2D eigenvalue weighted by Crippen LogP contribution is 2.34. The maximum Gasteiger partial charge on any atom is 0.254 e. The molecule has 0 aromatic heterocycles. The van der Waals surface area contributed by atoms with Crippen molar-refractivity contribution in [2.45, 2.75) is 12.3 Å². The SMILES string of the molecule is O=P([O-])([O-])CC(F)(F)CCO. The quantitative estimate of drug-likeness (QED) is 0.568. The van der Waals surface area contributed by atoms with Gasteiger partial charge >= 0.3 is 0 Å². The predicted octanol–water partition coefficient (Wildman–Crippen LogP) is -1.08. The molecule has 0 heterocycles. The molecule has 11 heavy (non-hydrogen) atoms. The summed E-state index contributed by atoms with van der Waals surface area (Å²) in [6.07, 6.45) is -2.72. The Kier molecular flexibility index (Phi) is 3.57. The maximum absolute atomic E-state index is 12.2.